The van der Waals surface area contributed by atoms with Crippen molar-refractivity contribution >= 4 is 17.9 Å². The number of carbonyl (C=O) groups is 3. The van der Waals surface area contributed by atoms with Crippen molar-refractivity contribution in [2.45, 2.75) is 124 Å². The zero-order valence-electron chi connectivity index (χ0n) is 21.9. The Hall–Kier alpha value is -2.11. The SMILES string of the molecule is CCCCCC(=CC=C1CC[C@@H](OC(C)=O)[C@@H]1CCCCCCC(=O)OCCCC)OC(C)=O. The summed E-state index contributed by atoms with van der Waals surface area (Å²) in [5, 5.41) is 0. The number of ether oxygens (including phenoxy) is 3. The Kier molecular flexibility index (Phi) is 16.1. The van der Waals surface area contributed by atoms with Crippen LogP contribution in [0.5, 0.6) is 0 Å². The van der Waals surface area contributed by atoms with Crippen molar-refractivity contribution in [3.63, 3.8) is 0 Å². The van der Waals surface area contributed by atoms with Gasteiger partial charge in [-0.2, -0.15) is 0 Å². The van der Waals surface area contributed by atoms with Gasteiger partial charge in [-0.3, -0.25) is 14.4 Å². The molecular formula is C28H46O6. The largest absolute Gasteiger partial charge is 0.466 e. The first-order valence-corrected chi connectivity index (χ1v) is 13.3. The zero-order chi connectivity index (χ0) is 25.2. The molecule has 0 unspecified atom stereocenters. The average molecular weight is 479 g/mol. The summed E-state index contributed by atoms with van der Waals surface area (Å²) in [6.45, 7) is 7.64. The van der Waals surface area contributed by atoms with E-state index in [1.807, 2.05) is 6.08 Å². The third-order valence-electron chi connectivity index (χ3n) is 6.15. The standard InChI is InChI=1S/C28H46O6/c1-5-7-11-14-25(33-22(3)29)19-17-24-18-20-27(34-23(4)30)26(24)15-12-9-10-13-16-28(31)32-21-8-6-2/h17,19,26-27H,5-16,18,20-21H2,1-4H3/t26-,27-/m1/s1. The van der Waals surface area contributed by atoms with Crippen LogP contribution in [0.4, 0.5) is 0 Å². The molecule has 1 aliphatic rings. The molecule has 194 valence electrons. The minimum atomic E-state index is -0.295. The smallest absolute Gasteiger partial charge is 0.307 e. The second-order valence-electron chi connectivity index (χ2n) is 9.25. The van der Waals surface area contributed by atoms with E-state index in [1.165, 1.54) is 19.4 Å². The van der Waals surface area contributed by atoms with E-state index in [0.29, 0.717) is 18.8 Å². The Bertz CT molecular complexity index is 678. The quantitative estimate of drug-likeness (QED) is 0.0972. The second kappa shape index (κ2) is 18.2. The summed E-state index contributed by atoms with van der Waals surface area (Å²) in [7, 11) is 0. The summed E-state index contributed by atoms with van der Waals surface area (Å²) < 4.78 is 16.2. The number of allylic oxidation sites excluding steroid dienone is 3. The number of rotatable bonds is 17. The van der Waals surface area contributed by atoms with E-state index in [0.717, 1.165) is 83.5 Å². The molecule has 6 nitrogen and oxygen atoms in total. The monoisotopic (exact) mass is 478 g/mol. The molecule has 0 saturated heterocycles. The van der Waals surface area contributed by atoms with E-state index < -0.39 is 0 Å². The summed E-state index contributed by atoms with van der Waals surface area (Å²) in [6.07, 6.45) is 16.8. The first-order valence-electron chi connectivity index (χ1n) is 13.3. The normalized spacial score (nSPS) is 19.3. The van der Waals surface area contributed by atoms with Crippen LogP contribution in [-0.4, -0.2) is 30.6 Å². The van der Waals surface area contributed by atoms with Crippen molar-refractivity contribution in [3.8, 4) is 0 Å². The van der Waals surface area contributed by atoms with Crippen molar-refractivity contribution in [1.82, 2.24) is 0 Å². The molecule has 0 aliphatic heterocycles. The fourth-order valence-corrected chi connectivity index (χ4v) is 4.36. The molecule has 0 aromatic carbocycles. The van der Waals surface area contributed by atoms with Crippen LogP contribution < -0.4 is 0 Å². The zero-order valence-corrected chi connectivity index (χ0v) is 21.9. The lowest BCUT2D eigenvalue weighted by Crippen LogP contribution is -2.21. The molecule has 1 rings (SSSR count). The van der Waals surface area contributed by atoms with Gasteiger partial charge in [-0.15, -0.1) is 0 Å². The number of unbranched alkanes of at least 4 members (excludes halogenated alkanes) is 6. The van der Waals surface area contributed by atoms with Gasteiger partial charge in [0.15, 0.2) is 0 Å². The molecule has 0 aromatic rings. The molecule has 0 N–H and O–H groups in total. The van der Waals surface area contributed by atoms with E-state index >= 15 is 0 Å². The van der Waals surface area contributed by atoms with Crippen LogP contribution in [0.3, 0.4) is 0 Å². The molecule has 6 heteroatoms. The van der Waals surface area contributed by atoms with Gasteiger partial charge in [-0.1, -0.05) is 64.0 Å². The summed E-state index contributed by atoms with van der Waals surface area (Å²) in [5.74, 6) is 0.255. The summed E-state index contributed by atoms with van der Waals surface area (Å²) in [6, 6.07) is 0. The fourth-order valence-electron chi connectivity index (χ4n) is 4.36. The molecule has 1 saturated carbocycles. The van der Waals surface area contributed by atoms with Gasteiger partial charge in [0.1, 0.15) is 11.9 Å². The summed E-state index contributed by atoms with van der Waals surface area (Å²) >= 11 is 0. The number of carbonyl (C=O) groups excluding carboxylic acids is 3. The molecule has 2 atom stereocenters. The molecule has 1 aliphatic carbocycles. The third-order valence-corrected chi connectivity index (χ3v) is 6.15. The molecule has 0 aromatic heterocycles. The van der Waals surface area contributed by atoms with Gasteiger partial charge in [0, 0.05) is 32.6 Å². The molecule has 0 radical (unpaired) electrons. The van der Waals surface area contributed by atoms with Gasteiger partial charge in [0.2, 0.25) is 0 Å². The Morgan fingerprint density at radius 1 is 0.882 bits per heavy atom. The Balaban J connectivity index is 2.62. The van der Waals surface area contributed by atoms with Crippen molar-refractivity contribution in [1.29, 1.82) is 0 Å². The third kappa shape index (κ3) is 13.6. The molecule has 0 spiro atoms. The maximum atomic E-state index is 11.7. The van der Waals surface area contributed by atoms with Crippen LogP contribution in [-0.2, 0) is 28.6 Å². The highest BCUT2D eigenvalue weighted by atomic mass is 16.5. The number of esters is 3. The second-order valence-corrected chi connectivity index (χ2v) is 9.25. The Morgan fingerprint density at radius 2 is 1.59 bits per heavy atom. The number of hydrogen-bond donors (Lipinski definition) is 0. The molecule has 34 heavy (non-hydrogen) atoms. The van der Waals surface area contributed by atoms with Crippen molar-refractivity contribution in [3.05, 3.63) is 23.5 Å². The van der Waals surface area contributed by atoms with Gasteiger partial charge in [-0.25, -0.2) is 0 Å². The van der Waals surface area contributed by atoms with E-state index in [1.54, 1.807) is 0 Å². The molecule has 0 amide bonds. The van der Waals surface area contributed by atoms with Crippen LogP contribution in [0, 0.1) is 5.92 Å². The predicted octanol–water partition coefficient (Wildman–Crippen LogP) is 6.97. The first-order chi connectivity index (χ1) is 16.4. The van der Waals surface area contributed by atoms with Gasteiger partial charge >= 0.3 is 17.9 Å². The summed E-state index contributed by atoms with van der Waals surface area (Å²) in [5.41, 5.74) is 1.26. The van der Waals surface area contributed by atoms with Crippen LogP contribution in [0.15, 0.2) is 23.5 Å². The highest BCUT2D eigenvalue weighted by molar-refractivity contribution is 5.69. The Labute approximate surface area is 206 Å². The Morgan fingerprint density at radius 3 is 2.26 bits per heavy atom. The van der Waals surface area contributed by atoms with Crippen LogP contribution in [0.25, 0.3) is 0 Å². The van der Waals surface area contributed by atoms with E-state index in [9.17, 15) is 14.4 Å². The lowest BCUT2D eigenvalue weighted by molar-refractivity contribution is -0.148. The van der Waals surface area contributed by atoms with Gasteiger partial charge in [0.25, 0.3) is 0 Å². The van der Waals surface area contributed by atoms with Gasteiger partial charge < -0.3 is 14.2 Å². The predicted molar refractivity (Wildman–Crippen MR) is 134 cm³/mol. The molecule has 0 heterocycles. The van der Waals surface area contributed by atoms with Crippen LogP contribution in [0.2, 0.25) is 0 Å². The van der Waals surface area contributed by atoms with E-state index in [-0.39, 0.29) is 29.9 Å². The lowest BCUT2D eigenvalue weighted by atomic mass is 9.93. The van der Waals surface area contributed by atoms with Crippen molar-refractivity contribution in [2.75, 3.05) is 6.61 Å². The van der Waals surface area contributed by atoms with Crippen molar-refractivity contribution < 1.29 is 28.6 Å². The van der Waals surface area contributed by atoms with E-state index in [2.05, 4.69) is 19.9 Å². The maximum Gasteiger partial charge on any atom is 0.307 e. The average Bonchev–Trinajstić information content (AvgIpc) is 3.15. The highest BCUT2D eigenvalue weighted by Crippen LogP contribution is 2.37. The highest BCUT2D eigenvalue weighted by Gasteiger charge is 2.33. The first kappa shape index (κ1) is 29.9. The maximum absolute atomic E-state index is 11.7. The molecule has 0 bridgehead atoms. The minimum absolute atomic E-state index is 0.0945. The number of hydrogen-bond acceptors (Lipinski definition) is 6. The fraction of sp³-hybridized carbons (Fsp3) is 0.750. The molecular weight excluding hydrogens is 432 g/mol. The van der Waals surface area contributed by atoms with Crippen LogP contribution in [0.1, 0.15) is 118 Å². The van der Waals surface area contributed by atoms with Crippen LogP contribution >= 0.6 is 0 Å². The topological polar surface area (TPSA) is 78.9 Å². The van der Waals surface area contributed by atoms with Gasteiger partial charge in [-0.05, 0) is 44.6 Å². The van der Waals surface area contributed by atoms with E-state index in [4.69, 9.17) is 14.2 Å². The lowest BCUT2D eigenvalue weighted by Gasteiger charge is -2.20. The van der Waals surface area contributed by atoms with Crippen molar-refractivity contribution in [2.24, 2.45) is 5.92 Å². The molecule has 1 fully saturated rings. The van der Waals surface area contributed by atoms with Gasteiger partial charge in [0.05, 0.1) is 6.61 Å². The summed E-state index contributed by atoms with van der Waals surface area (Å²) in [4.78, 5) is 34.8. The minimum Gasteiger partial charge on any atom is -0.466 e.